The average Bonchev–Trinajstić information content (AvgIpc) is 2.72. The fourth-order valence-electron chi connectivity index (χ4n) is 4.25. The summed E-state index contributed by atoms with van der Waals surface area (Å²) in [5.74, 6) is -0.632. The molecular formula is C23H32N4O4. The van der Waals surface area contributed by atoms with E-state index in [0.717, 1.165) is 25.7 Å². The third kappa shape index (κ3) is 5.83. The van der Waals surface area contributed by atoms with Crippen molar-refractivity contribution in [3.8, 4) is 0 Å². The maximum absolute atomic E-state index is 13.1. The van der Waals surface area contributed by atoms with Crippen molar-refractivity contribution in [2.45, 2.75) is 52.1 Å². The molecule has 0 saturated carbocycles. The number of rotatable bonds is 3. The normalized spacial score (nSPS) is 18.9. The minimum atomic E-state index is -0.570. The molecule has 3 rings (SSSR count). The van der Waals surface area contributed by atoms with Gasteiger partial charge in [-0.2, -0.15) is 0 Å². The van der Waals surface area contributed by atoms with Gasteiger partial charge in [0.1, 0.15) is 5.60 Å². The molecule has 168 valence electrons. The molecule has 8 nitrogen and oxygen atoms in total. The first-order valence-electron chi connectivity index (χ1n) is 10.8. The molecule has 0 atom stereocenters. The first kappa shape index (κ1) is 22.8. The first-order chi connectivity index (χ1) is 14.6. The summed E-state index contributed by atoms with van der Waals surface area (Å²) in [7, 11) is 0. The summed E-state index contributed by atoms with van der Waals surface area (Å²) >= 11 is 0. The molecule has 0 bridgehead atoms. The van der Waals surface area contributed by atoms with E-state index in [-0.39, 0.29) is 17.4 Å². The lowest BCUT2D eigenvalue weighted by atomic mass is 9.71. The van der Waals surface area contributed by atoms with Crippen LogP contribution in [0.1, 0.15) is 62.4 Å². The largest absolute Gasteiger partial charge is 0.444 e. The van der Waals surface area contributed by atoms with Crippen molar-refractivity contribution in [3.63, 3.8) is 0 Å². The molecule has 0 radical (unpaired) electrons. The number of nitrogens with two attached hydrogens (primary N) is 1. The number of ether oxygens (including phenoxy) is 1. The van der Waals surface area contributed by atoms with Gasteiger partial charge in [0.25, 0.3) is 5.91 Å². The van der Waals surface area contributed by atoms with Crippen LogP contribution in [0.15, 0.2) is 24.5 Å². The predicted octanol–water partition coefficient (Wildman–Crippen LogP) is 2.83. The van der Waals surface area contributed by atoms with Crippen LogP contribution in [-0.4, -0.2) is 64.5 Å². The molecule has 3 amide bonds. The molecule has 1 spiro atoms. The molecule has 1 aromatic heterocycles. The van der Waals surface area contributed by atoms with Gasteiger partial charge in [-0.15, -0.1) is 0 Å². The lowest BCUT2D eigenvalue weighted by molar-refractivity contribution is -0.113. The maximum atomic E-state index is 13.1. The molecule has 2 saturated heterocycles. The van der Waals surface area contributed by atoms with E-state index in [1.54, 1.807) is 23.4 Å². The van der Waals surface area contributed by atoms with Crippen LogP contribution in [0, 0.1) is 5.41 Å². The minimum absolute atomic E-state index is 0.0624. The minimum Gasteiger partial charge on any atom is -0.444 e. The summed E-state index contributed by atoms with van der Waals surface area (Å²) in [5.41, 5.74) is 5.95. The molecule has 2 N–H and O–H groups in total. The molecule has 8 heteroatoms. The molecular weight excluding hydrogens is 396 g/mol. The van der Waals surface area contributed by atoms with E-state index in [4.69, 9.17) is 10.5 Å². The number of hydrogen-bond donors (Lipinski definition) is 1. The van der Waals surface area contributed by atoms with Gasteiger partial charge in [0.05, 0.1) is 0 Å². The summed E-state index contributed by atoms with van der Waals surface area (Å²) in [5, 5.41) is 0. The van der Waals surface area contributed by atoms with Crippen molar-refractivity contribution in [2.24, 2.45) is 11.1 Å². The van der Waals surface area contributed by atoms with E-state index < -0.39 is 11.5 Å². The molecule has 0 unspecified atom stereocenters. The van der Waals surface area contributed by atoms with Gasteiger partial charge in [0.2, 0.25) is 5.91 Å². The van der Waals surface area contributed by atoms with Crippen molar-refractivity contribution < 1.29 is 19.1 Å². The second kappa shape index (κ2) is 9.08. The summed E-state index contributed by atoms with van der Waals surface area (Å²) in [4.78, 5) is 44.2. The Morgan fingerprint density at radius 3 is 2.19 bits per heavy atom. The van der Waals surface area contributed by atoms with Crippen LogP contribution in [-0.2, 0) is 9.53 Å². The van der Waals surface area contributed by atoms with Crippen LogP contribution in [0.4, 0.5) is 4.79 Å². The zero-order valence-corrected chi connectivity index (χ0v) is 18.6. The van der Waals surface area contributed by atoms with Crippen LogP contribution in [0.2, 0.25) is 0 Å². The van der Waals surface area contributed by atoms with E-state index in [0.29, 0.717) is 37.3 Å². The molecule has 3 heterocycles. The standard InChI is InChI=1S/C23H32N4O4/c1-22(2,3)31-21(30)27-14-9-23(10-15-27)7-12-26(13-8-23)20(29)18-6-11-25-16-17(18)4-5-19(24)28/h4-6,11,16H,7-10,12-15H2,1-3H3,(H2,24,28). The van der Waals surface area contributed by atoms with Gasteiger partial charge in [-0.3, -0.25) is 14.6 Å². The molecule has 1 aromatic rings. The predicted molar refractivity (Wildman–Crippen MR) is 117 cm³/mol. The number of carbonyl (C=O) groups is 3. The summed E-state index contributed by atoms with van der Waals surface area (Å²) in [6.45, 7) is 8.35. The van der Waals surface area contributed by atoms with Crippen molar-refractivity contribution >= 4 is 24.0 Å². The van der Waals surface area contributed by atoms with Crippen molar-refractivity contribution in [2.75, 3.05) is 26.2 Å². The smallest absolute Gasteiger partial charge is 0.410 e. The van der Waals surface area contributed by atoms with Gasteiger partial charge in [-0.1, -0.05) is 0 Å². The highest BCUT2D eigenvalue weighted by Gasteiger charge is 2.40. The number of aromatic nitrogens is 1. The Kier molecular flexibility index (Phi) is 6.67. The van der Waals surface area contributed by atoms with Crippen LogP contribution in [0.5, 0.6) is 0 Å². The van der Waals surface area contributed by atoms with Gasteiger partial charge >= 0.3 is 6.09 Å². The van der Waals surface area contributed by atoms with Crippen LogP contribution >= 0.6 is 0 Å². The number of amides is 3. The maximum Gasteiger partial charge on any atom is 0.410 e. The topological polar surface area (TPSA) is 106 Å². The highest BCUT2D eigenvalue weighted by molar-refractivity contribution is 5.99. The second-order valence-electron chi connectivity index (χ2n) is 9.46. The van der Waals surface area contributed by atoms with Crippen LogP contribution in [0.3, 0.4) is 0 Å². The third-order valence-corrected chi connectivity index (χ3v) is 6.10. The fraction of sp³-hybridized carbons (Fsp3) is 0.565. The SMILES string of the molecule is CC(C)(C)OC(=O)N1CCC2(CC1)CCN(C(=O)c1ccncc1C=CC(N)=O)CC2. The van der Waals surface area contributed by atoms with Crippen LogP contribution < -0.4 is 5.73 Å². The molecule has 2 fully saturated rings. The molecule has 0 aromatic carbocycles. The van der Waals surface area contributed by atoms with Gasteiger partial charge in [-0.05, 0) is 64.0 Å². The van der Waals surface area contributed by atoms with Crippen LogP contribution in [0.25, 0.3) is 6.08 Å². The average molecular weight is 429 g/mol. The highest BCUT2D eigenvalue weighted by atomic mass is 16.6. The number of likely N-dealkylation sites (tertiary alicyclic amines) is 2. The Balaban J connectivity index is 1.58. The lowest BCUT2D eigenvalue weighted by Gasteiger charge is -2.46. The van der Waals surface area contributed by atoms with Gasteiger partial charge in [0, 0.05) is 55.8 Å². The van der Waals surface area contributed by atoms with E-state index in [9.17, 15) is 14.4 Å². The van der Waals surface area contributed by atoms with E-state index >= 15 is 0 Å². The monoisotopic (exact) mass is 428 g/mol. The molecule has 31 heavy (non-hydrogen) atoms. The Morgan fingerprint density at radius 1 is 1.06 bits per heavy atom. The quantitative estimate of drug-likeness (QED) is 0.745. The highest BCUT2D eigenvalue weighted by Crippen LogP contribution is 2.41. The Hall–Kier alpha value is -2.90. The van der Waals surface area contributed by atoms with Crippen molar-refractivity contribution in [1.82, 2.24) is 14.8 Å². The van der Waals surface area contributed by atoms with Gasteiger partial charge in [-0.25, -0.2) is 4.79 Å². The zero-order chi connectivity index (χ0) is 22.6. The molecule has 2 aliphatic rings. The number of piperidine rings is 2. The molecule has 0 aliphatic carbocycles. The fourth-order valence-corrected chi connectivity index (χ4v) is 4.25. The van der Waals surface area contributed by atoms with Gasteiger partial charge < -0.3 is 20.3 Å². The number of nitrogens with zero attached hydrogens (tertiary/aromatic N) is 3. The summed E-state index contributed by atoms with van der Waals surface area (Å²) in [6, 6.07) is 1.67. The third-order valence-electron chi connectivity index (χ3n) is 6.10. The number of carbonyl (C=O) groups excluding carboxylic acids is 3. The number of primary amides is 1. The van der Waals surface area contributed by atoms with E-state index in [2.05, 4.69) is 4.98 Å². The Bertz CT molecular complexity index is 857. The van der Waals surface area contributed by atoms with Crippen molar-refractivity contribution in [1.29, 1.82) is 0 Å². The number of hydrogen-bond acceptors (Lipinski definition) is 5. The van der Waals surface area contributed by atoms with E-state index in [1.807, 2.05) is 25.7 Å². The lowest BCUT2D eigenvalue weighted by Crippen LogP contribution is -2.50. The summed E-state index contributed by atoms with van der Waals surface area (Å²) < 4.78 is 5.49. The molecule has 2 aliphatic heterocycles. The zero-order valence-electron chi connectivity index (χ0n) is 18.6. The number of pyridine rings is 1. The first-order valence-corrected chi connectivity index (χ1v) is 10.8. The second-order valence-corrected chi connectivity index (χ2v) is 9.46. The van der Waals surface area contributed by atoms with Gasteiger partial charge in [0.15, 0.2) is 0 Å². The summed E-state index contributed by atoms with van der Waals surface area (Å²) in [6.07, 6.45) is 9.34. The van der Waals surface area contributed by atoms with E-state index in [1.165, 1.54) is 12.2 Å². The Morgan fingerprint density at radius 2 is 1.65 bits per heavy atom. The van der Waals surface area contributed by atoms with Crippen molar-refractivity contribution in [3.05, 3.63) is 35.7 Å². The Labute approximate surface area is 183 Å².